The van der Waals surface area contributed by atoms with Gasteiger partial charge in [0.2, 0.25) is 0 Å². The van der Waals surface area contributed by atoms with Gasteiger partial charge < -0.3 is 10.6 Å². The Morgan fingerprint density at radius 1 is 0.789 bits per heavy atom. The molecule has 0 amide bonds. The Bertz CT molecular complexity index is 352. The van der Waals surface area contributed by atoms with Gasteiger partial charge in [0.05, 0.1) is 0 Å². The van der Waals surface area contributed by atoms with E-state index < -0.39 is 0 Å². The zero-order valence-electron chi connectivity index (χ0n) is 14.1. The zero-order valence-corrected chi connectivity index (χ0v) is 14.1. The summed E-state index contributed by atoms with van der Waals surface area (Å²) in [5.41, 5.74) is 6.39. The van der Waals surface area contributed by atoms with Crippen LogP contribution in [0.15, 0.2) is 22.3 Å². The van der Waals surface area contributed by atoms with Gasteiger partial charge in [0.1, 0.15) is 0 Å². The van der Waals surface area contributed by atoms with Crippen LogP contribution in [0.3, 0.4) is 0 Å². The lowest BCUT2D eigenvalue weighted by molar-refractivity contribution is 0.293. The fraction of sp³-hybridized carbons (Fsp3) is 0.765. The van der Waals surface area contributed by atoms with E-state index in [2.05, 4.69) is 66.3 Å². The number of nitrogens with one attached hydrogen (secondary N) is 2. The van der Waals surface area contributed by atoms with E-state index in [-0.39, 0.29) is 5.41 Å². The van der Waals surface area contributed by atoms with Crippen molar-refractivity contribution in [2.45, 2.75) is 66.5 Å². The van der Waals surface area contributed by atoms with Crippen LogP contribution in [0.1, 0.15) is 54.4 Å². The predicted molar refractivity (Wildman–Crippen MR) is 85.5 cm³/mol. The van der Waals surface area contributed by atoms with Crippen LogP contribution in [0.2, 0.25) is 0 Å². The van der Waals surface area contributed by atoms with Crippen molar-refractivity contribution in [2.24, 2.45) is 5.41 Å². The number of allylic oxidation sites excluding steroid dienone is 4. The Kier molecular flexibility index (Phi) is 5.40. The van der Waals surface area contributed by atoms with E-state index in [9.17, 15) is 0 Å². The van der Waals surface area contributed by atoms with Crippen LogP contribution < -0.4 is 10.6 Å². The third-order valence-electron chi connectivity index (χ3n) is 5.42. The maximum Gasteiger partial charge on any atom is 0.0156 e. The Balaban J connectivity index is 3.20. The molecule has 2 heteroatoms. The first-order chi connectivity index (χ1) is 8.80. The van der Waals surface area contributed by atoms with Crippen LogP contribution in [0.5, 0.6) is 0 Å². The van der Waals surface area contributed by atoms with Gasteiger partial charge in [-0.15, -0.1) is 0 Å². The lowest BCUT2D eigenvalue weighted by Crippen LogP contribution is -2.38. The van der Waals surface area contributed by atoms with Gasteiger partial charge in [0.15, 0.2) is 0 Å². The standard InChI is InChI=1S/C17H32N2/c1-11(18-7)9-17(10-12(2)19-8)15(5)13(3)14(4)16(17)6/h11-12,18-19H,9-10H2,1-8H3. The van der Waals surface area contributed by atoms with E-state index in [1.54, 1.807) is 11.1 Å². The molecular formula is C17H32N2. The molecule has 0 radical (unpaired) electrons. The van der Waals surface area contributed by atoms with E-state index in [1.165, 1.54) is 24.0 Å². The summed E-state index contributed by atoms with van der Waals surface area (Å²) < 4.78 is 0. The molecule has 2 nitrogen and oxygen atoms in total. The topological polar surface area (TPSA) is 24.1 Å². The molecule has 0 saturated carbocycles. The number of rotatable bonds is 6. The Hall–Kier alpha value is -0.600. The molecule has 0 aromatic carbocycles. The third kappa shape index (κ3) is 2.95. The molecule has 2 atom stereocenters. The van der Waals surface area contributed by atoms with Gasteiger partial charge in [-0.2, -0.15) is 0 Å². The molecule has 0 aromatic rings. The van der Waals surface area contributed by atoms with Crippen molar-refractivity contribution >= 4 is 0 Å². The lowest BCUT2D eigenvalue weighted by Gasteiger charge is -2.38. The van der Waals surface area contributed by atoms with Crippen molar-refractivity contribution in [2.75, 3.05) is 14.1 Å². The summed E-state index contributed by atoms with van der Waals surface area (Å²) in [6.07, 6.45) is 2.36. The van der Waals surface area contributed by atoms with E-state index >= 15 is 0 Å². The summed E-state index contributed by atoms with van der Waals surface area (Å²) in [5, 5.41) is 6.83. The molecule has 1 aliphatic carbocycles. The molecule has 0 aromatic heterocycles. The minimum absolute atomic E-state index is 0.235. The largest absolute Gasteiger partial charge is 0.317 e. The summed E-state index contributed by atoms with van der Waals surface area (Å²) in [7, 11) is 4.12. The molecule has 1 rings (SSSR count). The van der Waals surface area contributed by atoms with Gasteiger partial charge in [-0.25, -0.2) is 0 Å². The van der Waals surface area contributed by atoms with Gasteiger partial charge >= 0.3 is 0 Å². The van der Waals surface area contributed by atoms with Crippen LogP contribution in [0, 0.1) is 5.41 Å². The number of hydrogen-bond donors (Lipinski definition) is 2. The molecule has 2 unspecified atom stereocenters. The normalized spacial score (nSPS) is 22.1. The van der Waals surface area contributed by atoms with Crippen molar-refractivity contribution in [3.05, 3.63) is 22.3 Å². The highest BCUT2D eigenvalue weighted by molar-refractivity contribution is 5.50. The van der Waals surface area contributed by atoms with Gasteiger partial charge in [0.25, 0.3) is 0 Å². The summed E-state index contributed by atoms with van der Waals surface area (Å²) >= 11 is 0. The fourth-order valence-electron chi connectivity index (χ4n) is 3.51. The fourth-order valence-corrected chi connectivity index (χ4v) is 3.51. The summed E-state index contributed by atoms with van der Waals surface area (Å²) in [4.78, 5) is 0. The first kappa shape index (κ1) is 16.5. The summed E-state index contributed by atoms with van der Waals surface area (Å²) in [5.74, 6) is 0. The van der Waals surface area contributed by atoms with Gasteiger partial charge in [-0.05, 0) is 79.6 Å². The van der Waals surface area contributed by atoms with Crippen LogP contribution in [0.4, 0.5) is 0 Å². The molecule has 0 heterocycles. The molecule has 2 N–H and O–H groups in total. The Morgan fingerprint density at radius 3 is 1.37 bits per heavy atom. The highest BCUT2D eigenvalue weighted by Gasteiger charge is 2.41. The molecular weight excluding hydrogens is 232 g/mol. The van der Waals surface area contributed by atoms with E-state index in [0.717, 1.165) is 0 Å². The highest BCUT2D eigenvalue weighted by Crippen LogP contribution is 2.52. The molecule has 19 heavy (non-hydrogen) atoms. The molecule has 0 aliphatic heterocycles. The molecule has 0 spiro atoms. The molecule has 0 bridgehead atoms. The van der Waals surface area contributed by atoms with Crippen LogP contribution in [0.25, 0.3) is 0 Å². The number of hydrogen-bond acceptors (Lipinski definition) is 2. The highest BCUT2D eigenvalue weighted by atomic mass is 14.9. The molecule has 0 fully saturated rings. The van der Waals surface area contributed by atoms with Crippen molar-refractivity contribution in [3.63, 3.8) is 0 Å². The second kappa shape index (κ2) is 6.23. The second-order valence-corrected chi connectivity index (χ2v) is 6.37. The predicted octanol–water partition coefficient (Wildman–Crippen LogP) is 3.66. The SMILES string of the molecule is CNC(C)CC1(CC(C)NC)C(C)=C(C)C(C)=C1C. The molecule has 110 valence electrons. The minimum atomic E-state index is 0.235. The first-order valence-corrected chi connectivity index (χ1v) is 7.51. The Labute approximate surface area is 119 Å². The van der Waals surface area contributed by atoms with Crippen molar-refractivity contribution in [1.82, 2.24) is 10.6 Å². The minimum Gasteiger partial charge on any atom is -0.317 e. The van der Waals surface area contributed by atoms with E-state index in [4.69, 9.17) is 0 Å². The molecule has 1 aliphatic rings. The quantitative estimate of drug-likeness (QED) is 0.765. The van der Waals surface area contributed by atoms with E-state index in [1.807, 2.05) is 0 Å². The van der Waals surface area contributed by atoms with Crippen LogP contribution >= 0.6 is 0 Å². The first-order valence-electron chi connectivity index (χ1n) is 7.51. The van der Waals surface area contributed by atoms with Crippen LogP contribution in [-0.2, 0) is 0 Å². The summed E-state index contributed by atoms with van der Waals surface area (Å²) in [6.45, 7) is 13.8. The van der Waals surface area contributed by atoms with E-state index in [0.29, 0.717) is 12.1 Å². The van der Waals surface area contributed by atoms with Gasteiger partial charge in [-0.1, -0.05) is 11.1 Å². The Morgan fingerprint density at radius 2 is 1.11 bits per heavy atom. The maximum absolute atomic E-state index is 3.41. The van der Waals surface area contributed by atoms with Crippen LogP contribution in [-0.4, -0.2) is 26.2 Å². The van der Waals surface area contributed by atoms with Gasteiger partial charge in [0, 0.05) is 17.5 Å². The lowest BCUT2D eigenvalue weighted by atomic mass is 9.69. The average Bonchev–Trinajstić information content (AvgIpc) is 2.55. The molecule has 0 saturated heterocycles. The third-order valence-corrected chi connectivity index (χ3v) is 5.42. The summed E-state index contributed by atoms with van der Waals surface area (Å²) in [6, 6.07) is 1.07. The van der Waals surface area contributed by atoms with Crippen molar-refractivity contribution in [3.8, 4) is 0 Å². The second-order valence-electron chi connectivity index (χ2n) is 6.37. The monoisotopic (exact) mass is 264 g/mol. The van der Waals surface area contributed by atoms with Crippen molar-refractivity contribution in [1.29, 1.82) is 0 Å². The maximum atomic E-state index is 3.41. The smallest absolute Gasteiger partial charge is 0.0156 e. The average molecular weight is 264 g/mol. The van der Waals surface area contributed by atoms with Gasteiger partial charge in [-0.3, -0.25) is 0 Å². The zero-order chi connectivity index (χ0) is 14.8. The van der Waals surface area contributed by atoms with Crippen molar-refractivity contribution < 1.29 is 0 Å².